The Morgan fingerprint density at radius 2 is 1.54 bits per heavy atom. The van der Waals surface area contributed by atoms with Gasteiger partial charge in [0.25, 0.3) is 0 Å². The van der Waals surface area contributed by atoms with Crippen LogP contribution >= 0.6 is 0 Å². The van der Waals surface area contributed by atoms with Crippen LogP contribution < -0.4 is 0 Å². The van der Waals surface area contributed by atoms with Crippen LogP contribution in [0.4, 0.5) is 0 Å². The molecule has 5 fully saturated rings. The molecule has 8 atom stereocenters. The predicted octanol–water partition coefficient (Wildman–Crippen LogP) is 1.20. The number of hydrogen-bond acceptors (Lipinski definition) is 2. The lowest BCUT2D eigenvalue weighted by Crippen LogP contribution is -2.45. The molecule has 2 saturated heterocycles. The normalized spacial score (nSPS) is 75.7. The second-order valence-corrected chi connectivity index (χ2v) is 5.57. The zero-order valence-electron chi connectivity index (χ0n) is 7.56. The molecule has 2 aliphatic heterocycles. The van der Waals surface area contributed by atoms with Crippen molar-refractivity contribution in [1.82, 2.24) is 0 Å². The van der Waals surface area contributed by atoms with E-state index in [1.165, 1.54) is 19.3 Å². The molecule has 6 bridgehead atoms. The SMILES string of the molecule is C1CC2C3OC4CC5C(OC1C53)C42. The fourth-order valence-corrected chi connectivity index (χ4v) is 5.19. The van der Waals surface area contributed by atoms with Crippen molar-refractivity contribution in [1.29, 1.82) is 0 Å². The molecule has 13 heavy (non-hydrogen) atoms. The Kier molecular flexibility index (Phi) is 0.838. The molecule has 5 aliphatic rings. The van der Waals surface area contributed by atoms with Crippen LogP contribution in [0.2, 0.25) is 0 Å². The molecular formula is C11H14O2. The second-order valence-electron chi connectivity index (χ2n) is 5.57. The molecular weight excluding hydrogens is 164 g/mol. The van der Waals surface area contributed by atoms with Crippen LogP contribution in [0.3, 0.4) is 0 Å². The van der Waals surface area contributed by atoms with E-state index in [4.69, 9.17) is 9.47 Å². The summed E-state index contributed by atoms with van der Waals surface area (Å²) in [6.45, 7) is 0. The van der Waals surface area contributed by atoms with Gasteiger partial charge in [0, 0.05) is 11.8 Å². The monoisotopic (exact) mass is 178 g/mol. The highest BCUT2D eigenvalue weighted by molar-refractivity contribution is 5.19. The molecule has 0 aromatic carbocycles. The molecule has 5 rings (SSSR count). The van der Waals surface area contributed by atoms with Gasteiger partial charge in [-0.1, -0.05) is 0 Å². The van der Waals surface area contributed by atoms with Crippen LogP contribution in [0, 0.1) is 23.7 Å². The average molecular weight is 178 g/mol. The molecule has 0 N–H and O–H groups in total. The van der Waals surface area contributed by atoms with E-state index in [0.29, 0.717) is 24.4 Å². The highest BCUT2D eigenvalue weighted by Gasteiger charge is 2.71. The van der Waals surface area contributed by atoms with Gasteiger partial charge in [-0.2, -0.15) is 0 Å². The minimum Gasteiger partial charge on any atom is -0.374 e. The van der Waals surface area contributed by atoms with Crippen molar-refractivity contribution in [3.63, 3.8) is 0 Å². The molecule has 0 radical (unpaired) electrons. The van der Waals surface area contributed by atoms with Crippen LogP contribution in [-0.4, -0.2) is 24.4 Å². The lowest BCUT2D eigenvalue weighted by Gasteiger charge is -2.40. The smallest absolute Gasteiger partial charge is 0.0669 e. The maximum Gasteiger partial charge on any atom is 0.0669 e. The average Bonchev–Trinajstić information content (AvgIpc) is 2.61. The third kappa shape index (κ3) is 0.490. The summed E-state index contributed by atoms with van der Waals surface area (Å²) in [6, 6.07) is 0. The minimum absolute atomic E-state index is 0.586. The first kappa shape index (κ1) is 6.41. The Morgan fingerprint density at radius 1 is 0.769 bits per heavy atom. The van der Waals surface area contributed by atoms with E-state index in [1.807, 2.05) is 0 Å². The molecule has 3 aliphatic carbocycles. The van der Waals surface area contributed by atoms with Crippen LogP contribution in [0.15, 0.2) is 0 Å². The summed E-state index contributed by atoms with van der Waals surface area (Å²) in [5.74, 6) is 3.39. The van der Waals surface area contributed by atoms with Crippen molar-refractivity contribution in [2.24, 2.45) is 23.7 Å². The maximum atomic E-state index is 6.18. The third-order valence-electron chi connectivity index (χ3n) is 5.40. The fourth-order valence-electron chi connectivity index (χ4n) is 5.19. The molecule has 2 nitrogen and oxygen atoms in total. The van der Waals surface area contributed by atoms with Gasteiger partial charge in [-0.25, -0.2) is 0 Å². The van der Waals surface area contributed by atoms with Crippen molar-refractivity contribution in [2.45, 2.75) is 43.7 Å². The Morgan fingerprint density at radius 3 is 2.54 bits per heavy atom. The second kappa shape index (κ2) is 1.70. The van der Waals surface area contributed by atoms with Crippen molar-refractivity contribution >= 4 is 0 Å². The van der Waals surface area contributed by atoms with E-state index >= 15 is 0 Å². The Balaban J connectivity index is 1.80. The first-order valence-electron chi connectivity index (χ1n) is 5.74. The van der Waals surface area contributed by atoms with E-state index in [9.17, 15) is 0 Å². The topological polar surface area (TPSA) is 18.5 Å². The van der Waals surface area contributed by atoms with Gasteiger partial charge in [-0.05, 0) is 31.1 Å². The van der Waals surface area contributed by atoms with Crippen LogP contribution in [0.5, 0.6) is 0 Å². The third-order valence-corrected chi connectivity index (χ3v) is 5.40. The largest absolute Gasteiger partial charge is 0.374 e. The Labute approximate surface area is 77.6 Å². The molecule has 0 aromatic heterocycles. The van der Waals surface area contributed by atoms with Crippen LogP contribution in [0.25, 0.3) is 0 Å². The Bertz CT molecular complexity index is 284. The summed E-state index contributed by atoms with van der Waals surface area (Å²) < 4.78 is 12.3. The minimum atomic E-state index is 0.586. The highest BCUT2D eigenvalue weighted by atomic mass is 16.5. The maximum absolute atomic E-state index is 6.18. The Hall–Kier alpha value is -0.0800. The van der Waals surface area contributed by atoms with Gasteiger partial charge in [0.2, 0.25) is 0 Å². The summed E-state index contributed by atoms with van der Waals surface area (Å²) in [5, 5.41) is 0. The van der Waals surface area contributed by atoms with Crippen molar-refractivity contribution < 1.29 is 9.47 Å². The van der Waals surface area contributed by atoms with Gasteiger partial charge in [0.15, 0.2) is 0 Å². The standard InChI is InChI=1S/C11H14O2/c1-2-6-9-5-3-7-8(11(5)12-6)4(1)10(9)13-7/h4-11H,1-3H2. The van der Waals surface area contributed by atoms with Crippen LogP contribution in [-0.2, 0) is 9.47 Å². The summed E-state index contributed by atoms with van der Waals surface area (Å²) in [7, 11) is 0. The van der Waals surface area contributed by atoms with E-state index in [-0.39, 0.29) is 0 Å². The number of ether oxygens (including phenoxy) is 2. The van der Waals surface area contributed by atoms with E-state index < -0.39 is 0 Å². The van der Waals surface area contributed by atoms with E-state index in [2.05, 4.69) is 0 Å². The molecule has 0 spiro atoms. The summed E-state index contributed by atoms with van der Waals surface area (Å²) >= 11 is 0. The van der Waals surface area contributed by atoms with Gasteiger partial charge in [-0.15, -0.1) is 0 Å². The molecule has 0 amide bonds. The zero-order chi connectivity index (χ0) is 8.15. The molecule has 70 valence electrons. The summed E-state index contributed by atoms with van der Waals surface area (Å²) in [5.41, 5.74) is 0. The van der Waals surface area contributed by atoms with Gasteiger partial charge >= 0.3 is 0 Å². The van der Waals surface area contributed by atoms with E-state index in [1.54, 1.807) is 0 Å². The quantitative estimate of drug-likeness (QED) is 0.555. The molecule has 3 saturated carbocycles. The van der Waals surface area contributed by atoms with Crippen molar-refractivity contribution in [3.8, 4) is 0 Å². The van der Waals surface area contributed by atoms with Crippen LogP contribution in [0.1, 0.15) is 19.3 Å². The van der Waals surface area contributed by atoms with Gasteiger partial charge < -0.3 is 9.47 Å². The summed E-state index contributed by atoms with van der Waals surface area (Å²) in [6.07, 6.45) is 6.45. The number of rotatable bonds is 0. The molecule has 0 aromatic rings. The zero-order valence-corrected chi connectivity index (χ0v) is 7.56. The summed E-state index contributed by atoms with van der Waals surface area (Å²) in [4.78, 5) is 0. The predicted molar refractivity (Wildman–Crippen MR) is 45.1 cm³/mol. The lowest BCUT2D eigenvalue weighted by atomic mass is 9.65. The first-order chi connectivity index (χ1) is 6.43. The van der Waals surface area contributed by atoms with Crippen molar-refractivity contribution in [3.05, 3.63) is 0 Å². The lowest BCUT2D eigenvalue weighted by molar-refractivity contribution is -0.0893. The number of hydrogen-bond donors (Lipinski definition) is 0. The van der Waals surface area contributed by atoms with Crippen molar-refractivity contribution in [2.75, 3.05) is 0 Å². The van der Waals surface area contributed by atoms with Gasteiger partial charge in [0.05, 0.1) is 24.4 Å². The molecule has 2 heteroatoms. The first-order valence-corrected chi connectivity index (χ1v) is 5.74. The molecule has 2 heterocycles. The highest BCUT2D eigenvalue weighted by Crippen LogP contribution is 2.66. The van der Waals surface area contributed by atoms with E-state index in [0.717, 1.165) is 23.7 Å². The van der Waals surface area contributed by atoms with Gasteiger partial charge in [0.1, 0.15) is 0 Å². The van der Waals surface area contributed by atoms with Gasteiger partial charge in [-0.3, -0.25) is 0 Å². The fraction of sp³-hybridized carbons (Fsp3) is 1.00. The molecule has 8 unspecified atom stereocenters.